The van der Waals surface area contributed by atoms with E-state index in [-0.39, 0.29) is 0 Å². The molecule has 0 aromatic carbocycles. The van der Waals surface area contributed by atoms with E-state index in [2.05, 4.69) is 5.10 Å². The molecule has 2 heterocycles. The van der Waals surface area contributed by atoms with Gasteiger partial charge in [0.1, 0.15) is 0 Å². The summed E-state index contributed by atoms with van der Waals surface area (Å²) in [6.45, 7) is 3.69. The van der Waals surface area contributed by atoms with Gasteiger partial charge in [-0.3, -0.25) is 4.68 Å². The van der Waals surface area contributed by atoms with Crippen LogP contribution in [0.4, 0.5) is 0 Å². The molecule has 1 aromatic rings. The molecule has 10 heavy (non-hydrogen) atoms. The monoisotopic (exact) mass is 138 g/mol. The Labute approximate surface area is 59.6 Å². The van der Waals surface area contributed by atoms with Gasteiger partial charge in [0.2, 0.25) is 0 Å². The molecule has 2 rings (SSSR count). The maximum Gasteiger partial charge on any atom is 0.0985 e. The Morgan fingerprint density at radius 1 is 1.70 bits per heavy atom. The lowest BCUT2D eigenvalue weighted by Crippen LogP contribution is -2.30. The first-order chi connectivity index (χ1) is 4.86. The zero-order valence-electron chi connectivity index (χ0n) is 5.95. The van der Waals surface area contributed by atoms with Crippen LogP contribution in [0.3, 0.4) is 0 Å². The number of hydrogen-bond donors (Lipinski definition) is 0. The van der Waals surface area contributed by atoms with Crippen LogP contribution < -0.4 is 0 Å². The minimum atomic E-state index is 0.494. The zero-order chi connectivity index (χ0) is 6.97. The zero-order valence-corrected chi connectivity index (χ0v) is 5.95. The molecule has 1 fully saturated rings. The first-order valence-electron chi connectivity index (χ1n) is 3.45. The Morgan fingerprint density at radius 2 is 2.50 bits per heavy atom. The van der Waals surface area contributed by atoms with Gasteiger partial charge in [0, 0.05) is 6.20 Å². The van der Waals surface area contributed by atoms with Gasteiger partial charge < -0.3 is 4.74 Å². The molecule has 3 nitrogen and oxygen atoms in total. The number of hydrogen-bond acceptors (Lipinski definition) is 2. The van der Waals surface area contributed by atoms with E-state index in [1.54, 1.807) is 0 Å². The number of nitrogens with zero attached hydrogens (tertiary/aromatic N) is 2. The number of aromatic nitrogens is 2. The maximum absolute atomic E-state index is 5.04. The van der Waals surface area contributed by atoms with Gasteiger partial charge in [-0.05, 0) is 12.5 Å². The van der Waals surface area contributed by atoms with Crippen LogP contribution in [-0.4, -0.2) is 23.0 Å². The van der Waals surface area contributed by atoms with Crippen molar-refractivity contribution in [1.82, 2.24) is 9.78 Å². The average molecular weight is 138 g/mol. The summed E-state index contributed by atoms with van der Waals surface area (Å²) in [6, 6.07) is 0.494. The molecule has 0 radical (unpaired) electrons. The molecule has 0 amide bonds. The summed E-state index contributed by atoms with van der Waals surface area (Å²) in [5.41, 5.74) is 1.21. The first-order valence-corrected chi connectivity index (χ1v) is 3.45. The SMILES string of the molecule is Cc1cnn(C2COC2)c1. The predicted molar refractivity (Wildman–Crippen MR) is 36.8 cm³/mol. The molecule has 54 valence electrons. The Bertz CT molecular complexity index is 227. The van der Waals surface area contributed by atoms with Gasteiger partial charge in [0.15, 0.2) is 0 Å². The van der Waals surface area contributed by atoms with E-state index in [1.165, 1.54) is 5.56 Å². The summed E-state index contributed by atoms with van der Waals surface area (Å²) in [7, 11) is 0. The summed E-state index contributed by atoms with van der Waals surface area (Å²) in [4.78, 5) is 0. The fourth-order valence-corrected chi connectivity index (χ4v) is 1.01. The lowest BCUT2D eigenvalue weighted by Gasteiger charge is -2.25. The smallest absolute Gasteiger partial charge is 0.0985 e. The van der Waals surface area contributed by atoms with Gasteiger partial charge in [0.25, 0.3) is 0 Å². The summed E-state index contributed by atoms with van der Waals surface area (Å²) >= 11 is 0. The average Bonchev–Trinajstić information content (AvgIpc) is 2.10. The fourth-order valence-electron chi connectivity index (χ4n) is 1.01. The van der Waals surface area contributed by atoms with Gasteiger partial charge in [0.05, 0.1) is 25.5 Å². The third-order valence-electron chi connectivity index (χ3n) is 1.73. The minimum absolute atomic E-state index is 0.494. The lowest BCUT2D eigenvalue weighted by atomic mass is 10.3. The Hall–Kier alpha value is -0.830. The van der Waals surface area contributed by atoms with Crippen molar-refractivity contribution in [2.75, 3.05) is 13.2 Å². The summed E-state index contributed by atoms with van der Waals surface area (Å²) in [5.74, 6) is 0. The van der Waals surface area contributed by atoms with Crippen molar-refractivity contribution < 1.29 is 4.74 Å². The van der Waals surface area contributed by atoms with Crippen LogP contribution in [-0.2, 0) is 4.74 Å². The molecular formula is C7H10N2O. The van der Waals surface area contributed by atoms with E-state index in [4.69, 9.17) is 4.74 Å². The Balaban J connectivity index is 2.17. The minimum Gasteiger partial charge on any atom is -0.377 e. The highest BCUT2D eigenvalue weighted by Crippen LogP contribution is 2.15. The third kappa shape index (κ3) is 0.827. The highest BCUT2D eigenvalue weighted by molar-refractivity contribution is 5.00. The summed E-state index contributed by atoms with van der Waals surface area (Å²) in [5, 5.41) is 4.17. The molecule has 1 aliphatic heterocycles. The largest absolute Gasteiger partial charge is 0.377 e. The van der Waals surface area contributed by atoms with Crippen molar-refractivity contribution in [3.8, 4) is 0 Å². The predicted octanol–water partition coefficient (Wildman–Crippen LogP) is 0.763. The standard InChI is InChI=1S/C7H10N2O/c1-6-2-8-9(3-6)7-4-10-5-7/h2-3,7H,4-5H2,1H3. The number of ether oxygens (including phenoxy) is 1. The molecule has 0 N–H and O–H groups in total. The second-order valence-corrected chi connectivity index (χ2v) is 2.69. The number of rotatable bonds is 1. The van der Waals surface area contributed by atoms with Crippen LogP contribution in [0.2, 0.25) is 0 Å². The van der Waals surface area contributed by atoms with E-state index in [9.17, 15) is 0 Å². The summed E-state index contributed by atoms with van der Waals surface area (Å²) in [6.07, 6.45) is 3.92. The number of aryl methyl sites for hydroxylation is 1. The first kappa shape index (κ1) is 5.92. The van der Waals surface area contributed by atoms with Gasteiger partial charge in [-0.25, -0.2) is 0 Å². The normalized spacial score (nSPS) is 18.9. The van der Waals surface area contributed by atoms with Crippen molar-refractivity contribution in [2.24, 2.45) is 0 Å². The van der Waals surface area contributed by atoms with Crippen LogP contribution in [0.1, 0.15) is 11.6 Å². The van der Waals surface area contributed by atoms with Crippen molar-refractivity contribution in [3.63, 3.8) is 0 Å². The second kappa shape index (κ2) is 2.09. The Kier molecular flexibility index (Phi) is 1.24. The van der Waals surface area contributed by atoms with E-state index in [0.717, 1.165) is 13.2 Å². The lowest BCUT2D eigenvalue weighted by molar-refractivity contribution is -0.0286. The molecule has 0 spiro atoms. The van der Waals surface area contributed by atoms with Gasteiger partial charge in [-0.1, -0.05) is 0 Å². The van der Waals surface area contributed by atoms with Crippen LogP contribution in [0, 0.1) is 6.92 Å². The van der Waals surface area contributed by atoms with Crippen LogP contribution >= 0.6 is 0 Å². The topological polar surface area (TPSA) is 27.1 Å². The van der Waals surface area contributed by atoms with E-state index >= 15 is 0 Å². The van der Waals surface area contributed by atoms with E-state index < -0.39 is 0 Å². The van der Waals surface area contributed by atoms with Crippen molar-refractivity contribution in [3.05, 3.63) is 18.0 Å². The Morgan fingerprint density at radius 3 is 2.90 bits per heavy atom. The van der Waals surface area contributed by atoms with E-state index in [1.807, 2.05) is 24.0 Å². The molecular weight excluding hydrogens is 128 g/mol. The van der Waals surface area contributed by atoms with Gasteiger partial charge >= 0.3 is 0 Å². The van der Waals surface area contributed by atoms with E-state index in [0.29, 0.717) is 6.04 Å². The molecule has 0 bridgehead atoms. The maximum atomic E-state index is 5.04. The molecule has 1 aromatic heterocycles. The van der Waals surface area contributed by atoms with Crippen LogP contribution in [0.5, 0.6) is 0 Å². The van der Waals surface area contributed by atoms with Crippen LogP contribution in [0.15, 0.2) is 12.4 Å². The molecule has 3 heteroatoms. The molecule has 0 unspecified atom stereocenters. The highest BCUT2D eigenvalue weighted by atomic mass is 16.5. The molecule has 0 atom stereocenters. The van der Waals surface area contributed by atoms with Crippen molar-refractivity contribution in [2.45, 2.75) is 13.0 Å². The highest BCUT2D eigenvalue weighted by Gasteiger charge is 2.20. The fraction of sp³-hybridized carbons (Fsp3) is 0.571. The van der Waals surface area contributed by atoms with Gasteiger partial charge in [-0.15, -0.1) is 0 Å². The van der Waals surface area contributed by atoms with Crippen molar-refractivity contribution >= 4 is 0 Å². The molecule has 0 aliphatic carbocycles. The second-order valence-electron chi connectivity index (χ2n) is 2.69. The molecule has 1 aliphatic rings. The van der Waals surface area contributed by atoms with Gasteiger partial charge in [-0.2, -0.15) is 5.10 Å². The third-order valence-corrected chi connectivity index (χ3v) is 1.73. The molecule has 0 saturated carbocycles. The molecule has 1 saturated heterocycles. The summed E-state index contributed by atoms with van der Waals surface area (Å²) < 4.78 is 7.01. The van der Waals surface area contributed by atoms with Crippen molar-refractivity contribution in [1.29, 1.82) is 0 Å². The van der Waals surface area contributed by atoms with Crippen LogP contribution in [0.25, 0.3) is 0 Å². The quantitative estimate of drug-likeness (QED) is 0.573.